The van der Waals surface area contributed by atoms with Crippen LogP contribution >= 0.6 is 23.2 Å². The molecular formula is C24H25Cl2N5O3. The summed E-state index contributed by atoms with van der Waals surface area (Å²) in [6.45, 7) is 2.90. The van der Waals surface area contributed by atoms with E-state index in [-0.39, 0.29) is 28.9 Å². The molecule has 0 radical (unpaired) electrons. The summed E-state index contributed by atoms with van der Waals surface area (Å²) in [5, 5.41) is 3.70. The van der Waals surface area contributed by atoms with Gasteiger partial charge in [-0.25, -0.2) is 4.98 Å². The van der Waals surface area contributed by atoms with Crippen LogP contribution in [0.3, 0.4) is 0 Å². The number of rotatable bonds is 7. The van der Waals surface area contributed by atoms with Gasteiger partial charge in [0.1, 0.15) is 5.82 Å². The number of aromatic nitrogens is 2. The Kier molecular flexibility index (Phi) is 7.09. The number of aromatic amines is 1. The number of hydrogen-bond acceptors (Lipinski definition) is 4. The highest BCUT2D eigenvalue weighted by atomic mass is 35.5. The van der Waals surface area contributed by atoms with Gasteiger partial charge in [0, 0.05) is 36.8 Å². The van der Waals surface area contributed by atoms with E-state index in [1.54, 1.807) is 36.2 Å². The number of carbonyl (C=O) groups excluding carboxylic acids is 3. The molecule has 0 saturated carbocycles. The molecule has 0 aliphatic carbocycles. The standard InChI is InChI=1S/C24H25Cl2N5O3/c1-14(22-28-20-8-6-16(25)11-21(20)29-22)27-23(33)15-5-7-18(19(26)10-15)24(34)31-9-3-4-17(31)12-30(2)13-32/h5-8,10-11,13-14,17H,3-4,9,12H2,1-2H3,(H,27,33)(H,28,29)/t14-,17+/m0/s1. The number of carbonyl (C=O) groups is 3. The molecule has 3 amide bonds. The zero-order chi connectivity index (χ0) is 24.4. The van der Waals surface area contributed by atoms with Gasteiger partial charge in [-0.3, -0.25) is 14.4 Å². The first-order valence-electron chi connectivity index (χ1n) is 11.0. The molecule has 0 unspecified atom stereocenters. The van der Waals surface area contributed by atoms with E-state index in [9.17, 15) is 14.4 Å². The minimum Gasteiger partial charge on any atom is -0.346 e. The van der Waals surface area contributed by atoms with E-state index in [0.29, 0.717) is 35.1 Å². The summed E-state index contributed by atoms with van der Waals surface area (Å²) >= 11 is 12.5. The summed E-state index contributed by atoms with van der Waals surface area (Å²) in [5.41, 5.74) is 2.22. The normalized spacial score (nSPS) is 16.5. The number of likely N-dealkylation sites (N-methyl/N-ethyl adjacent to an activating group) is 1. The van der Waals surface area contributed by atoms with Crippen LogP contribution in [0.1, 0.15) is 52.3 Å². The number of nitrogens with one attached hydrogen (secondary N) is 2. The van der Waals surface area contributed by atoms with Gasteiger partial charge in [0.05, 0.1) is 27.7 Å². The Bertz CT molecular complexity index is 1240. The number of benzene rings is 2. The molecule has 1 aliphatic rings. The third-order valence-corrected chi connectivity index (χ3v) is 6.55. The second-order valence-electron chi connectivity index (χ2n) is 8.51. The van der Waals surface area contributed by atoms with Crippen molar-refractivity contribution >= 4 is 52.5 Å². The summed E-state index contributed by atoms with van der Waals surface area (Å²) < 4.78 is 0. The van der Waals surface area contributed by atoms with Gasteiger partial charge in [-0.05, 0) is 56.2 Å². The first-order chi connectivity index (χ1) is 16.3. The minimum absolute atomic E-state index is 0.0544. The van der Waals surface area contributed by atoms with Crippen molar-refractivity contribution in [2.45, 2.75) is 31.8 Å². The number of imidazole rings is 1. The topological polar surface area (TPSA) is 98.4 Å². The Morgan fingerprint density at radius 3 is 2.82 bits per heavy atom. The van der Waals surface area contributed by atoms with Crippen LogP contribution in [0.15, 0.2) is 36.4 Å². The number of H-pyrrole nitrogens is 1. The average molecular weight is 502 g/mol. The van der Waals surface area contributed by atoms with Crippen LogP contribution in [-0.2, 0) is 4.79 Å². The number of halogens is 2. The molecular weight excluding hydrogens is 477 g/mol. The Hall–Kier alpha value is -3.10. The van der Waals surface area contributed by atoms with E-state index in [4.69, 9.17) is 23.2 Å². The highest BCUT2D eigenvalue weighted by Crippen LogP contribution is 2.26. The molecule has 3 aromatic rings. The zero-order valence-electron chi connectivity index (χ0n) is 18.8. The molecule has 1 aliphatic heterocycles. The largest absolute Gasteiger partial charge is 0.346 e. The molecule has 1 aromatic heterocycles. The second kappa shape index (κ2) is 10.0. The summed E-state index contributed by atoms with van der Waals surface area (Å²) in [7, 11) is 1.69. The monoisotopic (exact) mass is 501 g/mol. The summed E-state index contributed by atoms with van der Waals surface area (Å²) in [4.78, 5) is 47.9. The third-order valence-electron chi connectivity index (χ3n) is 6.00. The number of hydrogen-bond donors (Lipinski definition) is 2. The molecule has 2 atom stereocenters. The maximum absolute atomic E-state index is 13.1. The van der Waals surface area contributed by atoms with E-state index >= 15 is 0 Å². The zero-order valence-corrected chi connectivity index (χ0v) is 20.4. The lowest BCUT2D eigenvalue weighted by Crippen LogP contribution is -2.42. The highest BCUT2D eigenvalue weighted by molar-refractivity contribution is 6.34. The van der Waals surface area contributed by atoms with Crippen molar-refractivity contribution in [1.29, 1.82) is 0 Å². The molecule has 1 fully saturated rings. The SMILES string of the molecule is C[C@H](NC(=O)c1ccc(C(=O)N2CCC[C@@H]2CN(C)C=O)c(Cl)c1)c1nc2ccc(Cl)cc2[nH]1. The van der Waals surface area contributed by atoms with Crippen LogP contribution in [-0.4, -0.2) is 64.2 Å². The second-order valence-corrected chi connectivity index (χ2v) is 9.36. The fourth-order valence-electron chi connectivity index (χ4n) is 4.21. The summed E-state index contributed by atoms with van der Waals surface area (Å²) in [6, 6.07) is 9.56. The van der Waals surface area contributed by atoms with Gasteiger partial charge in [-0.2, -0.15) is 0 Å². The van der Waals surface area contributed by atoms with Crippen molar-refractivity contribution in [2.24, 2.45) is 0 Å². The molecule has 0 spiro atoms. The van der Waals surface area contributed by atoms with E-state index in [2.05, 4.69) is 15.3 Å². The molecule has 2 aromatic carbocycles. The van der Waals surface area contributed by atoms with Crippen LogP contribution in [0.4, 0.5) is 0 Å². The van der Waals surface area contributed by atoms with Gasteiger partial charge in [-0.1, -0.05) is 23.2 Å². The van der Waals surface area contributed by atoms with Crippen molar-refractivity contribution in [2.75, 3.05) is 20.1 Å². The number of amides is 3. The van der Waals surface area contributed by atoms with Crippen LogP contribution in [0.5, 0.6) is 0 Å². The first kappa shape index (κ1) is 24.0. The molecule has 2 heterocycles. The van der Waals surface area contributed by atoms with E-state index < -0.39 is 0 Å². The fraction of sp³-hybridized carbons (Fsp3) is 0.333. The van der Waals surface area contributed by atoms with Gasteiger partial charge in [0.2, 0.25) is 6.41 Å². The predicted octanol–water partition coefficient (Wildman–Crippen LogP) is 4.05. The molecule has 1 saturated heterocycles. The Balaban J connectivity index is 1.46. The predicted molar refractivity (Wildman–Crippen MR) is 131 cm³/mol. The quantitative estimate of drug-likeness (QED) is 0.477. The van der Waals surface area contributed by atoms with Crippen molar-refractivity contribution in [3.8, 4) is 0 Å². The highest BCUT2D eigenvalue weighted by Gasteiger charge is 2.31. The van der Waals surface area contributed by atoms with E-state index in [0.717, 1.165) is 30.3 Å². The molecule has 8 nitrogen and oxygen atoms in total. The molecule has 178 valence electrons. The van der Waals surface area contributed by atoms with Gasteiger partial charge >= 0.3 is 0 Å². The van der Waals surface area contributed by atoms with Crippen LogP contribution in [0.25, 0.3) is 11.0 Å². The van der Waals surface area contributed by atoms with Gasteiger partial charge in [0.15, 0.2) is 0 Å². The number of nitrogens with zero attached hydrogens (tertiary/aromatic N) is 3. The fourth-order valence-corrected chi connectivity index (χ4v) is 4.64. The summed E-state index contributed by atoms with van der Waals surface area (Å²) in [6.07, 6.45) is 2.45. The lowest BCUT2D eigenvalue weighted by atomic mass is 10.1. The Morgan fingerprint density at radius 2 is 2.09 bits per heavy atom. The number of likely N-dealkylation sites (tertiary alicyclic amines) is 1. The summed E-state index contributed by atoms with van der Waals surface area (Å²) in [5.74, 6) is 0.0653. The van der Waals surface area contributed by atoms with Crippen LogP contribution < -0.4 is 5.32 Å². The smallest absolute Gasteiger partial charge is 0.255 e. The maximum atomic E-state index is 13.1. The van der Waals surface area contributed by atoms with Crippen molar-refractivity contribution in [1.82, 2.24) is 25.1 Å². The van der Waals surface area contributed by atoms with Gasteiger partial charge in [0.25, 0.3) is 11.8 Å². The lowest BCUT2D eigenvalue weighted by molar-refractivity contribution is -0.117. The van der Waals surface area contributed by atoms with Gasteiger partial charge in [-0.15, -0.1) is 0 Å². The third kappa shape index (κ3) is 5.03. The first-order valence-corrected chi connectivity index (χ1v) is 11.7. The molecule has 2 N–H and O–H groups in total. The van der Waals surface area contributed by atoms with Crippen molar-refractivity contribution in [3.63, 3.8) is 0 Å². The molecule has 34 heavy (non-hydrogen) atoms. The molecule has 0 bridgehead atoms. The van der Waals surface area contributed by atoms with Crippen LogP contribution in [0, 0.1) is 0 Å². The van der Waals surface area contributed by atoms with E-state index in [1.807, 2.05) is 13.0 Å². The minimum atomic E-state index is -0.390. The van der Waals surface area contributed by atoms with E-state index in [1.165, 1.54) is 11.0 Å². The molecule has 10 heteroatoms. The van der Waals surface area contributed by atoms with Gasteiger partial charge < -0.3 is 20.1 Å². The molecule has 4 rings (SSSR count). The van der Waals surface area contributed by atoms with Crippen molar-refractivity contribution in [3.05, 3.63) is 63.4 Å². The Labute approximate surface area is 207 Å². The number of fused-ring (bicyclic) bond motifs is 1. The van der Waals surface area contributed by atoms with Crippen LogP contribution in [0.2, 0.25) is 10.0 Å². The average Bonchev–Trinajstić information content (AvgIpc) is 3.45. The maximum Gasteiger partial charge on any atom is 0.255 e. The lowest BCUT2D eigenvalue weighted by Gasteiger charge is -2.27. The Morgan fingerprint density at radius 1 is 1.29 bits per heavy atom. The van der Waals surface area contributed by atoms with Crippen molar-refractivity contribution < 1.29 is 14.4 Å².